The van der Waals surface area contributed by atoms with Crippen LogP contribution in [0.3, 0.4) is 0 Å². The Bertz CT molecular complexity index is 4570. The van der Waals surface area contributed by atoms with E-state index in [-0.39, 0.29) is 77.2 Å². The van der Waals surface area contributed by atoms with Gasteiger partial charge in [0.2, 0.25) is 11.8 Å². The minimum absolute atomic E-state index is 0.0220. The molecule has 4 saturated heterocycles. The lowest BCUT2D eigenvalue weighted by atomic mass is 9.78. The summed E-state index contributed by atoms with van der Waals surface area (Å²) in [7, 11) is -0.750. The number of carbonyl (C=O) groups is 2. The number of aromatic nitrogens is 9. The predicted molar refractivity (Wildman–Crippen MR) is 374 cm³/mol. The summed E-state index contributed by atoms with van der Waals surface area (Å²) < 4.78 is 55.8. The van der Waals surface area contributed by atoms with E-state index in [0.29, 0.717) is 96.7 Å². The Morgan fingerprint density at radius 3 is 1.49 bits per heavy atom. The van der Waals surface area contributed by atoms with E-state index in [9.17, 15) is 34.6 Å². The molecule has 10 heterocycles. The normalized spacial score (nSPS) is 17.7. The molecule has 0 bridgehead atoms. The van der Waals surface area contributed by atoms with Crippen LogP contribution in [0.2, 0.25) is 0 Å². The van der Waals surface area contributed by atoms with Gasteiger partial charge in [0.25, 0.3) is 16.9 Å². The van der Waals surface area contributed by atoms with Gasteiger partial charge in [-0.2, -0.15) is 15.3 Å². The van der Waals surface area contributed by atoms with E-state index >= 15 is 0 Å². The van der Waals surface area contributed by atoms with Crippen molar-refractivity contribution in [1.29, 1.82) is 0 Å². The number of ether oxygens (including phenoxy) is 7. The highest BCUT2D eigenvalue weighted by molar-refractivity contribution is 6.62. The number of nitrogens with one attached hydrogen (secondary N) is 1. The molecule has 27 nitrogen and oxygen atoms in total. The molecule has 3 atom stereocenters. The van der Waals surface area contributed by atoms with Crippen LogP contribution in [0, 0.1) is 47.9 Å². The van der Waals surface area contributed by atoms with Gasteiger partial charge in [0.05, 0.1) is 142 Å². The lowest BCUT2D eigenvalue weighted by molar-refractivity contribution is -0.384. The number of benzene rings is 3. The summed E-state index contributed by atoms with van der Waals surface area (Å²) in [5.74, 6) is -0.0151. The maximum Gasteiger partial charge on any atom is 0.495 e. The largest absolute Gasteiger partial charge is 0.495 e. The molecule has 4 aliphatic rings. The summed E-state index contributed by atoms with van der Waals surface area (Å²) in [6.45, 7) is 30.4. The molecule has 0 spiro atoms. The number of hydrogen-bond donors (Lipinski definition) is 1. The maximum absolute atomic E-state index is 12.8. The van der Waals surface area contributed by atoms with Crippen molar-refractivity contribution in [3.63, 3.8) is 0 Å². The van der Waals surface area contributed by atoms with Gasteiger partial charge in [0.15, 0.2) is 0 Å². The Hall–Kier alpha value is -9.74. The van der Waals surface area contributed by atoms with Crippen molar-refractivity contribution in [3.05, 3.63) is 150 Å². The van der Waals surface area contributed by atoms with Gasteiger partial charge in [0.1, 0.15) is 11.1 Å². The molecular formula is C72H84BN11O16. The molecule has 3 unspecified atom stereocenters. The van der Waals surface area contributed by atoms with Gasteiger partial charge in [-0.1, -0.05) is 24.3 Å². The number of aryl methyl sites for hydroxylation is 4. The Balaban J connectivity index is 0.000000152. The number of nitro groups is 2. The molecule has 13 rings (SSSR count). The molecule has 4 fully saturated rings. The van der Waals surface area contributed by atoms with Gasteiger partial charge < -0.3 is 47.5 Å². The Morgan fingerprint density at radius 1 is 0.610 bits per heavy atom. The molecule has 28 heteroatoms. The highest BCUT2D eigenvalue weighted by Gasteiger charge is 2.52. The quantitative estimate of drug-likeness (QED) is 0.0361. The summed E-state index contributed by atoms with van der Waals surface area (Å²) in [6, 6.07) is 19.6. The number of esters is 2. The van der Waals surface area contributed by atoms with Crippen LogP contribution in [-0.4, -0.2) is 149 Å². The fourth-order valence-electron chi connectivity index (χ4n) is 13.1. The third-order valence-corrected chi connectivity index (χ3v) is 18.4. The molecule has 9 aromatic rings. The molecule has 4 aliphatic heterocycles. The van der Waals surface area contributed by atoms with Gasteiger partial charge >= 0.3 is 19.1 Å². The van der Waals surface area contributed by atoms with Crippen LogP contribution in [0.5, 0.6) is 11.8 Å². The molecule has 3 aromatic carbocycles. The van der Waals surface area contributed by atoms with Crippen LogP contribution in [0.1, 0.15) is 150 Å². The number of nitrogens with zero attached hydrogens (tertiary/aromatic N) is 10. The van der Waals surface area contributed by atoms with Gasteiger partial charge in [-0.25, -0.2) is 19.6 Å². The number of aromatic amines is 1. The molecule has 0 radical (unpaired) electrons. The van der Waals surface area contributed by atoms with Crippen molar-refractivity contribution in [1.82, 2.24) is 44.3 Å². The molecule has 0 aliphatic carbocycles. The lowest BCUT2D eigenvalue weighted by Gasteiger charge is -2.32. The van der Waals surface area contributed by atoms with Gasteiger partial charge in [-0.05, 0) is 162 Å². The summed E-state index contributed by atoms with van der Waals surface area (Å²) in [5.41, 5.74) is 9.28. The van der Waals surface area contributed by atoms with Gasteiger partial charge in [0, 0.05) is 72.0 Å². The van der Waals surface area contributed by atoms with E-state index in [2.05, 4.69) is 49.3 Å². The first-order valence-corrected chi connectivity index (χ1v) is 33.7. The van der Waals surface area contributed by atoms with E-state index in [1.54, 1.807) is 53.7 Å². The standard InChI is InChI=1S/C26H30N4O6.C24H26N4O3.C22H28BN3O7/c1-6-35-26(31)21-13-27-29(19-9-10-34-14-19)25(21)20-8-7-18(12-22(20)30(32)33)24-16(4)11-23(28-17(24)5)36-15(2)3;1-13(2)31-21-9-14(3)22(15(4)26-21)16-5-6-18-20(10-16)27-24(29)19-11-25-28(23(18)19)17-7-8-30-12-17;1-6-31-20(27)17-12-24-25(15-9-10-30-13-15)19(17)16-8-7-14(11-18(16)26(28)29)23-32-21(2,3)22(4,5)33-23/h7-8,11-13,15,19H,6,9-10,14H2,1-5H3;5-6,9-11,13,17H,7-8,12H2,1-4H3,(H,27,29);7-8,11-12,15H,6,9-10,13H2,1-5H3. The predicted octanol–water partition coefficient (Wildman–Crippen LogP) is 12.3. The number of pyridine rings is 3. The number of rotatable bonds is 18. The topological polar surface area (TPSA) is 316 Å². The zero-order valence-corrected chi connectivity index (χ0v) is 58.8. The molecule has 526 valence electrons. The second kappa shape index (κ2) is 29.6. The van der Waals surface area contributed by atoms with E-state index < -0.39 is 40.1 Å². The summed E-state index contributed by atoms with van der Waals surface area (Å²) in [5, 5.41) is 39.3. The zero-order valence-electron chi connectivity index (χ0n) is 58.8. The van der Waals surface area contributed by atoms with E-state index in [0.717, 1.165) is 63.0 Å². The van der Waals surface area contributed by atoms with Crippen molar-refractivity contribution in [3.8, 4) is 56.5 Å². The van der Waals surface area contributed by atoms with Crippen LogP contribution in [0.15, 0.2) is 90.1 Å². The molecular weight excluding hydrogens is 1290 g/mol. The Labute approximate surface area is 578 Å². The third kappa shape index (κ3) is 14.6. The Morgan fingerprint density at radius 2 is 1.05 bits per heavy atom. The fraction of sp³-hybridized carbons (Fsp3) is 0.444. The molecule has 6 aromatic heterocycles. The second-order valence-electron chi connectivity index (χ2n) is 26.7. The van der Waals surface area contributed by atoms with Crippen LogP contribution < -0.4 is 20.5 Å². The first kappa shape index (κ1) is 71.5. The smallest absolute Gasteiger partial charge is 0.475 e. The van der Waals surface area contributed by atoms with Gasteiger partial charge in [-0.15, -0.1) is 0 Å². The van der Waals surface area contributed by atoms with E-state index in [1.807, 2.05) is 99.0 Å². The molecule has 1 N–H and O–H groups in total. The number of hydrogen-bond acceptors (Lipinski definition) is 21. The van der Waals surface area contributed by atoms with Crippen LogP contribution in [0.4, 0.5) is 11.4 Å². The van der Waals surface area contributed by atoms with Crippen molar-refractivity contribution in [2.75, 3.05) is 52.9 Å². The lowest BCUT2D eigenvalue weighted by Crippen LogP contribution is -2.41. The van der Waals surface area contributed by atoms with Crippen LogP contribution in [-0.2, 0) is 33.0 Å². The summed E-state index contributed by atoms with van der Waals surface area (Å²) >= 11 is 0. The minimum Gasteiger partial charge on any atom is -0.475 e. The van der Waals surface area contributed by atoms with E-state index in [4.69, 9.17) is 42.5 Å². The molecule has 100 heavy (non-hydrogen) atoms. The third-order valence-electron chi connectivity index (χ3n) is 18.4. The van der Waals surface area contributed by atoms with Crippen molar-refractivity contribution < 1.29 is 61.9 Å². The maximum atomic E-state index is 12.8. The molecule has 0 amide bonds. The summed E-state index contributed by atoms with van der Waals surface area (Å²) in [4.78, 5) is 73.9. The minimum atomic E-state index is -0.750. The second-order valence-corrected chi connectivity index (χ2v) is 26.7. The van der Waals surface area contributed by atoms with Crippen LogP contribution in [0.25, 0.3) is 66.6 Å². The monoisotopic (exact) mass is 1370 g/mol. The SMILES string of the molecule is CCOC(=O)c1cnn(C2CCOC2)c1-c1ccc(-c2c(C)cc(OC(C)C)nc2C)cc1[N+](=O)[O-].CCOC(=O)c1cnn(C2CCOC2)c1-c1ccc(B2OC(C)(C)C(C)(C)O2)cc1[N+](=O)[O-].Cc1cc(OC(C)C)nc(C)c1-c1ccc2c(c1)[nH]c(=O)c1cnn(C3CCOC3)c12. The Kier molecular flexibility index (Phi) is 21.2. The number of carbonyl (C=O) groups excluding carboxylic acids is 2. The highest BCUT2D eigenvalue weighted by Crippen LogP contribution is 2.43. The average molecular weight is 1370 g/mol. The van der Waals surface area contributed by atoms with Crippen LogP contribution >= 0.6 is 0 Å². The number of fused-ring (bicyclic) bond motifs is 3. The van der Waals surface area contributed by atoms with Crippen molar-refractivity contribution >= 4 is 57.7 Å². The first-order chi connectivity index (χ1) is 47.7. The highest BCUT2D eigenvalue weighted by atomic mass is 16.7. The number of nitro benzene ring substituents is 2. The average Bonchev–Trinajstić information content (AvgIpc) is 1.50. The fourth-order valence-corrected chi connectivity index (χ4v) is 13.1. The van der Waals surface area contributed by atoms with Gasteiger partial charge in [-0.3, -0.25) is 39.1 Å². The van der Waals surface area contributed by atoms with E-state index in [1.165, 1.54) is 24.5 Å². The zero-order chi connectivity index (χ0) is 71.6. The summed E-state index contributed by atoms with van der Waals surface area (Å²) in [6.07, 6.45) is 6.80. The number of H-pyrrole nitrogens is 1. The van der Waals surface area contributed by atoms with Crippen molar-refractivity contribution in [2.24, 2.45) is 0 Å². The van der Waals surface area contributed by atoms with Crippen molar-refractivity contribution in [2.45, 2.75) is 158 Å². The molecule has 0 saturated carbocycles. The first-order valence-electron chi connectivity index (χ1n) is 33.7.